The molecule has 0 bridgehead atoms. The van der Waals surface area contributed by atoms with Crippen LogP contribution in [0.25, 0.3) is 0 Å². The Hall–Kier alpha value is -2.18. The highest BCUT2D eigenvalue weighted by Gasteiger charge is 2.28. The molecule has 0 saturated carbocycles. The number of benzene rings is 1. The second-order valence-electron chi connectivity index (χ2n) is 6.32. The van der Waals surface area contributed by atoms with E-state index in [9.17, 15) is 4.79 Å². The van der Waals surface area contributed by atoms with E-state index < -0.39 is 0 Å². The van der Waals surface area contributed by atoms with Crippen molar-refractivity contribution >= 4 is 5.91 Å². The van der Waals surface area contributed by atoms with Gasteiger partial charge in [0.25, 0.3) is 0 Å². The van der Waals surface area contributed by atoms with Crippen molar-refractivity contribution in [1.29, 1.82) is 0 Å². The Labute approximate surface area is 143 Å². The molecule has 1 aromatic heterocycles. The van der Waals surface area contributed by atoms with Gasteiger partial charge in [0, 0.05) is 52.7 Å². The van der Waals surface area contributed by atoms with Crippen molar-refractivity contribution in [2.45, 2.75) is 12.6 Å². The summed E-state index contributed by atoms with van der Waals surface area (Å²) in [6.45, 7) is 3.63. The average molecular weight is 327 g/mol. The maximum Gasteiger partial charge on any atom is 0.236 e. The lowest BCUT2D eigenvalue weighted by Gasteiger charge is -2.36. The molecule has 6 heteroatoms. The monoisotopic (exact) mass is 327 g/mol. The quantitative estimate of drug-likeness (QED) is 0.891. The third kappa shape index (κ3) is 3.83. The van der Waals surface area contributed by atoms with E-state index in [0.717, 1.165) is 31.0 Å². The molecule has 0 spiro atoms. The van der Waals surface area contributed by atoms with Crippen molar-refractivity contribution in [2.75, 3.05) is 33.2 Å². The van der Waals surface area contributed by atoms with Gasteiger partial charge < -0.3 is 14.8 Å². The normalized spacial score (nSPS) is 18.5. The number of carbonyl (C=O) groups excluding carboxylic acids is 1. The van der Waals surface area contributed by atoms with Gasteiger partial charge in [0.05, 0.1) is 12.6 Å². The SMILES string of the molecule is CN(Cc1ccccc1)C(=O)CN1CCNCC1c1nccn1C. The summed E-state index contributed by atoms with van der Waals surface area (Å²) in [4.78, 5) is 21.1. The predicted molar refractivity (Wildman–Crippen MR) is 93.3 cm³/mol. The zero-order chi connectivity index (χ0) is 16.9. The molecule has 1 aromatic carbocycles. The highest BCUT2D eigenvalue weighted by Crippen LogP contribution is 2.20. The highest BCUT2D eigenvalue weighted by molar-refractivity contribution is 5.78. The van der Waals surface area contributed by atoms with E-state index in [1.165, 1.54) is 0 Å². The number of aryl methyl sites for hydroxylation is 1. The number of nitrogens with zero attached hydrogens (tertiary/aromatic N) is 4. The van der Waals surface area contributed by atoms with Crippen LogP contribution in [-0.2, 0) is 18.4 Å². The molecule has 1 amide bonds. The summed E-state index contributed by atoms with van der Waals surface area (Å²) >= 11 is 0. The zero-order valence-corrected chi connectivity index (χ0v) is 14.4. The van der Waals surface area contributed by atoms with Gasteiger partial charge in [-0.1, -0.05) is 30.3 Å². The number of amides is 1. The number of hydrogen-bond donors (Lipinski definition) is 1. The van der Waals surface area contributed by atoms with Crippen LogP contribution < -0.4 is 5.32 Å². The molecule has 1 aliphatic rings. The van der Waals surface area contributed by atoms with Gasteiger partial charge in [-0.3, -0.25) is 9.69 Å². The van der Waals surface area contributed by atoms with E-state index in [-0.39, 0.29) is 11.9 Å². The van der Waals surface area contributed by atoms with E-state index in [1.54, 1.807) is 4.90 Å². The molecular weight excluding hydrogens is 302 g/mol. The second-order valence-corrected chi connectivity index (χ2v) is 6.32. The Bertz CT molecular complexity index is 669. The van der Waals surface area contributed by atoms with Crippen LogP contribution in [0.1, 0.15) is 17.4 Å². The molecule has 1 saturated heterocycles. The van der Waals surface area contributed by atoms with Crippen LogP contribution in [0.2, 0.25) is 0 Å². The fourth-order valence-corrected chi connectivity index (χ4v) is 3.13. The van der Waals surface area contributed by atoms with E-state index in [4.69, 9.17) is 0 Å². The molecular formula is C18H25N5O. The number of nitrogens with one attached hydrogen (secondary N) is 1. The van der Waals surface area contributed by atoms with Gasteiger partial charge in [0.2, 0.25) is 5.91 Å². The zero-order valence-electron chi connectivity index (χ0n) is 14.4. The molecule has 2 heterocycles. The highest BCUT2D eigenvalue weighted by atomic mass is 16.2. The fourth-order valence-electron chi connectivity index (χ4n) is 3.13. The third-order valence-electron chi connectivity index (χ3n) is 4.54. The fraction of sp³-hybridized carbons (Fsp3) is 0.444. The summed E-state index contributed by atoms with van der Waals surface area (Å²) < 4.78 is 2.03. The molecule has 3 rings (SSSR count). The minimum absolute atomic E-state index is 0.132. The summed E-state index contributed by atoms with van der Waals surface area (Å²) in [5.74, 6) is 1.14. The Kier molecular flexibility index (Phi) is 5.27. The van der Waals surface area contributed by atoms with Crippen LogP contribution >= 0.6 is 0 Å². The first kappa shape index (κ1) is 16.7. The van der Waals surface area contributed by atoms with Gasteiger partial charge in [0.15, 0.2) is 0 Å². The number of hydrogen-bond acceptors (Lipinski definition) is 4. The maximum absolute atomic E-state index is 12.7. The van der Waals surface area contributed by atoms with Crippen LogP contribution in [0.5, 0.6) is 0 Å². The third-order valence-corrected chi connectivity index (χ3v) is 4.54. The molecule has 0 radical (unpaired) electrons. The summed E-state index contributed by atoms with van der Waals surface area (Å²) in [5, 5.41) is 3.40. The Morgan fingerprint density at radius 1 is 1.38 bits per heavy atom. The second kappa shape index (κ2) is 7.59. The Balaban J connectivity index is 1.64. The first-order valence-corrected chi connectivity index (χ1v) is 8.35. The largest absolute Gasteiger partial charge is 0.340 e. The number of aromatic nitrogens is 2. The van der Waals surface area contributed by atoms with Crippen LogP contribution in [0.3, 0.4) is 0 Å². The van der Waals surface area contributed by atoms with Gasteiger partial charge in [-0.05, 0) is 5.56 Å². The van der Waals surface area contributed by atoms with Crippen molar-refractivity contribution in [3.8, 4) is 0 Å². The number of carbonyl (C=O) groups is 1. The van der Waals surface area contributed by atoms with Crippen LogP contribution in [0.15, 0.2) is 42.7 Å². The van der Waals surface area contributed by atoms with E-state index >= 15 is 0 Å². The van der Waals surface area contributed by atoms with Crippen molar-refractivity contribution in [3.05, 3.63) is 54.1 Å². The Morgan fingerprint density at radius 3 is 2.88 bits per heavy atom. The molecule has 1 unspecified atom stereocenters. The van der Waals surface area contributed by atoms with E-state index in [0.29, 0.717) is 13.1 Å². The van der Waals surface area contributed by atoms with Crippen molar-refractivity contribution in [1.82, 2.24) is 24.7 Å². The number of likely N-dealkylation sites (N-methyl/N-ethyl adjacent to an activating group) is 1. The van der Waals surface area contributed by atoms with Crippen LogP contribution in [0, 0.1) is 0 Å². The topological polar surface area (TPSA) is 53.4 Å². The lowest BCUT2D eigenvalue weighted by Crippen LogP contribution is -2.50. The molecule has 6 nitrogen and oxygen atoms in total. The van der Waals surface area contributed by atoms with E-state index in [2.05, 4.69) is 15.2 Å². The van der Waals surface area contributed by atoms with Crippen molar-refractivity contribution in [2.24, 2.45) is 7.05 Å². The van der Waals surface area contributed by atoms with Crippen LogP contribution in [0.4, 0.5) is 0 Å². The Morgan fingerprint density at radius 2 is 2.17 bits per heavy atom. The molecule has 1 aliphatic heterocycles. The maximum atomic E-state index is 12.7. The molecule has 0 aliphatic carbocycles. The molecule has 24 heavy (non-hydrogen) atoms. The average Bonchev–Trinajstić information content (AvgIpc) is 3.02. The summed E-state index contributed by atoms with van der Waals surface area (Å²) in [6, 6.07) is 10.2. The summed E-state index contributed by atoms with van der Waals surface area (Å²) in [5.41, 5.74) is 1.15. The number of rotatable bonds is 5. The summed E-state index contributed by atoms with van der Waals surface area (Å²) in [6.07, 6.45) is 3.76. The molecule has 128 valence electrons. The van der Waals surface area contributed by atoms with Gasteiger partial charge >= 0.3 is 0 Å². The minimum atomic E-state index is 0.132. The first-order valence-electron chi connectivity index (χ1n) is 8.35. The first-order chi connectivity index (χ1) is 11.6. The van der Waals surface area contributed by atoms with Gasteiger partial charge in [-0.25, -0.2) is 4.98 Å². The molecule has 2 aromatic rings. The number of imidazole rings is 1. The molecule has 1 fully saturated rings. The van der Waals surface area contributed by atoms with Crippen LogP contribution in [-0.4, -0.2) is 58.5 Å². The smallest absolute Gasteiger partial charge is 0.236 e. The lowest BCUT2D eigenvalue weighted by molar-refractivity contribution is -0.132. The van der Waals surface area contributed by atoms with Gasteiger partial charge in [-0.2, -0.15) is 0 Å². The molecule has 1 atom stereocenters. The number of piperazine rings is 1. The molecule has 1 N–H and O–H groups in total. The van der Waals surface area contributed by atoms with E-state index in [1.807, 2.05) is 61.4 Å². The lowest BCUT2D eigenvalue weighted by atomic mass is 10.1. The van der Waals surface area contributed by atoms with Gasteiger partial charge in [0.1, 0.15) is 5.82 Å². The standard InChI is InChI=1S/C18H25N5O/c1-21-10-9-20-18(21)16-12-19-8-11-23(16)14-17(24)22(2)13-15-6-4-3-5-7-15/h3-7,9-10,16,19H,8,11-14H2,1-2H3. The van der Waals surface area contributed by atoms with Crippen molar-refractivity contribution < 1.29 is 4.79 Å². The van der Waals surface area contributed by atoms with Crippen molar-refractivity contribution in [3.63, 3.8) is 0 Å². The van der Waals surface area contributed by atoms with Gasteiger partial charge in [-0.15, -0.1) is 0 Å². The summed E-state index contributed by atoms with van der Waals surface area (Å²) in [7, 11) is 3.87. The predicted octanol–water partition coefficient (Wildman–Crippen LogP) is 1.02. The minimum Gasteiger partial charge on any atom is -0.340 e.